The fourth-order valence-corrected chi connectivity index (χ4v) is 7.16. The average Bonchev–Trinajstić information content (AvgIpc) is 3.43. The zero-order chi connectivity index (χ0) is 34.1. The predicted octanol–water partition coefficient (Wildman–Crippen LogP) is 2.48. The molecule has 1 aliphatic heterocycles. The monoisotopic (exact) mass is 670 g/mol. The molecule has 1 saturated heterocycles. The lowest BCUT2D eigenvalue weighted by Crippen LogP contribution is -2.49. The van der Waals surface area contributed by atoms with Crippen LogP contribution in [0.15, 0.2) is 65.7 Å². The van der Waals surface area contributed by atoms with Gasteiger partial charge in [-0.15, -0.1) is 0 Å². The highest BCUT2D eigenvalue weighted by Crippen LogP contribution is 2.23. The number of urea groups is 1. The largest absolute Gasteiger partial charge is 0.480 e. The van der Waals surface area contributed by atoms with Gasteiger partial charge in [0.25, 0.3) is 0 Å². The van der Waals surface area contributed by atoms with E-state index in [-0.39, 0.29) is 24.0 Å². The van der Waals surface area contributed by atoms with Gasteiger partial charge in [-0.05, 0) is 56.5 Å². The minimum Gasteiger partial charge on any atom is -0.480 e. The van der Waals surface area contributed by atoms with Crippen LogP contribution in [0.5, 0.6) is 0 Å². The van der Waals surface area contributed by atoms with E-state index in [1.807, 2.05) is 13.0 Å². The summed E-state index contributed by atoms with van der Waals surface area (Å²) in [5.41, 5.74) is 2.14. The molecule has 13 nitrogen and oxygen atoms in total. The van der Waals surface area contributed by atoms with Gasteiger partial charge in [-0.3, -0.25) is 9.59 Å². The van der Waals surface area contributed by atoms with E-state index in [2.05, 4.69) is 25.7 Å². The van der Waals surface area contributed by atoms with Gasteiger partial charge in [-0.2, -0.15) is 4.72 Å². The summed E-state index contributed by atoms with van der Waals surface area (Å²) in [7, 11) is -4.21. The first-order valence-corrected chi connectivity index (χ1v) is 16.5. The van der Waals surface area contributed by atoms with Crippen LogP contribution in [0.4, 0.5) is 15.0 Å². The number of carbonyl (C=O) groups is 3. The van der Waals surface area contributed by atoms with Crippen molar-refractivity contribution in [2.24, 2.45) is 0 Å². The van der Waals surface area contributed by atoms with E-state index in [0.717, 1.165) is 5.56 Å². The molecule has 0 spiro atoms. The van der Waals surface area contributed by atoms with E-state index in [4.69, 9.17) is 4.74 Å². The van der Waals surface area contributed by atoms with Crippen molar-refractivity contribution in [3.63, 3.8) is 0 Å². The van der Waals surface area contributed by atoms with Crippen LogP contribution in [0.25, 0.3) is 0 Å². The van der Waals surface area contributed by atoms with Crippen molar-refractivity contribution >= 4 is 33.7 Å². The van der Waals surface area contributed by atoms with Crippen LogP contribution in [0.1, 0.15) is 28.7 Å². The van der Waals surface area contributed by atoms with Gasteiger partial charge in [0, 0.05) is 37.9 Å². The summed E-state index contributed by atoms with van der Waals surface area (Å²) in [4.78, 5) is 43.5. The number of pyridine rings is 1. The summed E-state index contributed by atoms with van der Waals surface area (Å²) < 4.78 is 48.2. The molecule has 2 aromatic carbocycles. The van der Waals surface area contributed by atoms with Gasteiger partial charge in [0.15, 0.2) is 0 Å². The Kier molecular flexibility index (Phi) is 11.9. The van der Waals surface area contributed by atoms with Crippen molar-refractivity contribution in [1.82, 2.24) is 25.2 Å². The lowest BCUT2D eigenvalue weighted by molar-refractivity contribution is -0.139. The molecule has 3 amide bonds. The zero-order valence-corrected chi connectivity index (χ0v) is 27.1. The maximum Gasteiger partial charge on any atom is 0.323 e. The summed E-state index contributed by atoms with van der Waals surface area (Å²) in [6, 6.07) is 12.4. The molecule has 5 N–H and O–H groups in total. The third-order valence-corrected chi connectivity index (χ3v) is 9.41. The molecule has 3 unspecified atom stereocenters. The molecule has 47 heavy (non-hydrogen) atoms. The Morgan fingerprint density at radius 1 is 1.06 bits per heavy atom. The fraction of sp³-hybridized carbons (Fsp3) is 0.375. The van der Waals surface area contributed by atoms with E-state index < -0.39 is 59.0 Å². The Hall–Kier alpha value is -4.60. The number of sulfonamides is 1. The first-order valence-electron chi connectivity index (χ1n) is 15.0. The highest BCUT2D eigenvalue weighted by molar-refractivity contribution is 7.89. The lowest BCUT2D eigenvalue weighted by atomic mass is 10.1. The van der Waals surface area contributed by atoms with Gasteiger partial charge in [0.05, 0.1) is 17.0 Å². The number of hydrogen-bond donors (Lipinski definition) is 5. The van der Waals surface area contributed by atoms with E-state index in [1.165, 1.54) is 6.07 Å². The molecule has 1 fully saturated rings. The molecule has 0 bridgehead atoms. The van der Waals surface area contributed by atoms with Crippen LogP contribution in [0.2, 0.25) is 0 Å². The number of amides is 3. The molecule has 252 valence electrons. The number of likely N-dealkylation sites (tertiary alicyclic amines) is 1. The van der Waals surface area contributed by atoms with Gasteiger partial charge in [-0.25, -0.2) is 22.6 Å². The molecule has 15 heteroatoms. The van der Waals surface area contributed by atoms with E-state index in [9.17, 15) is 32.3 Å². The second-order valence-electron chi connectivity index (χ2n) is 11.4. The van der Waals surface area contributed by atoms with E-state index >= 15 is 0 Å². The van der Waals surface area contributed by atoms with Gasteiger partial charge in [-0.1, -0.05) is 42.0 Å². The van der Waals surface area contributed by atoms with Crippen LogP contribution >= 0.6 is 0 Å². The molecule has 4 rings (SSSR count). The smallest absolute Gasteiger partial charge is 0.323 e. The van der Waals surface area contributed by atoms with Crippen LogP contribution in [0, 0.1) is 26.6 Å². The number of rotatable bonds is 14. The molecule has 1 aromatic heterocycles. The van der Waals surface area contributed by atoms with Crippen LogP contribution in [0.3, 0.4) is 0 Å². The predicted molar refractivity (Wildman–Crippen MR) is 172 cm³/mol. The van der Waals surface area contributed by atoms with Crippen molar-refractivity contribution in [3.05, 3.63) is 88.9 Å². The number of hydrogen-bond acceptors (Lipinski definition) is 8. The first kappa shape index (κ1) is 35.3. The van der Waals surface area contributed by atoms with Crippen LogP contribution in [-0.2, 0) is 30.9 Å². The number of carbonyl (C=O) groups excluding carboxylic acids is 2. The molecular formula is C32H39FN6O7S. The second kappa shape index (κ2) is 15.8. The highest BCUT2D eigenvalue weighted by atomic mass is 32.2. The SMILES string of the molecule is Cc1cc(C)c(S(=O)(=O)NC(CNC(=O)COC2CC(CNc3ccccn3)N(C(=O)NCc3ccccc3F)C2)C(=O)O)c(C)c1. The van der Waals surface area contributed by atoms with Gasteiger partial charge in [0.2, 0.25) is 15.9 Å². The van der Waals surface area contributed by atoms with Gasteiger partial charge in [0.1, 0.15) is 24.3 Å². The molecule has 0 saturated carbocycles. The van der Waals surface area contributed by atoms with Crippen molar-refractivity contribution in [3.8, 4) is 0 Å². The van der Waals surface area contributed by atoms with Crippen molar-refractivity contribution in [2.75, 3.05) is 31.6 Å². The van der Waals surface area contributed by atoms with Crippen molar-refractivity contribution in [1.29, 1.82) is 0 Å². The number of aromatic nitrogens is 1. The summed E-state index contributed by atoms with van der Waals surface area (Å²) in [5.74, 6) is -1.95. The summed E-state index contributed by atoms with van der Waals surface area (Å²) in [6.45, 7) is 4.55. The van der Waals surface area contributed by atoms with Crippen molar-refractivity contribution < 1.29 is 37.0 Å². The van der Waals surface area contributed by atoms with E-state index in [1.54, 1.807) is 67.4 Å². The quantitative estimate of drug-likeness (QED) is 0.172. The number of anilines is 1. The lowest BCUT2D eigenvalue weighted by Gasteiger charge is -2.25. The number of carboxylic acid groups (broad SMARTS) is 1. The zero-order valence-electron chi connectivity index (χ0n) is 26.3. The number of halogens is 1. The topological polar surface area (TPSA) is 179 Å². The van der Waals surface area contributed by atoms with E-state index in [0.29, 0.717) is 35.5 Å². The first-order chi connectivity index (χ1) is 22.3. The third kappa shape index (κ3) is 9.70. The molecule has 3 atom stereocenters. The minimum absolute atomic E-state index is 0.0140. The average molecular weight is 671 g/mol. The molecule has 3 aromatic rings. The Morgan fingerprint density at radius 2 is 1.77 bits per heavy atom. The summed E-state index contributed by atoms with van der Waals surface area (Å²) in [6.07, 6.45) is 1.45. The number of nitrogens with zero attached hydrogens (tertiary/aromatic N) is 2. The fourth-order valence-electron chi connectivity index (χ4n) is 5.52. The number of nitrogens with one attached hydrogen (secondary N) is 4. The Morgan fingerprint density at radius 3 is 2.43 bits per heavy atom. The number of carboxylic acids is 1. The Balaban J connectivity index is 1.33. The standard InChI is InChI=1S/C32H39FN6O7S/c1-20-12-21(2)30(22(3)13-20)47(44,45)38-27(31(41)42)17-36-29(40)19-46-25-14-24(16-35-28-10-6-7-11-34-28)39(18-25)32(43)37-15-23-8-4-5-9-26(23)33/h4-13,24-25,27,38H,14-19H2,1-3H3,(H,34,35)(H,36,40)(H,37,43)(H,41,42). The van der Waals surface area contributed by atoms with Crippen molar-refractivity contribution in [2.45, 2.75) is 56.8 Å². The van der Waals surface area contributed by atoms with Crippen LogP contribution < -0.4 is 20.7 Å². The van der Waals surface area contributed by atoms with Gasteiger partial charge >= 0.3 is 12.0 Å². The Labute approximate surface area is 273 Å². The third-order valence-electron chi connectivity index (χ3n) is 7.63. The maximum atomic E-state index is 14.1. The summed E-state index contributed by atoms with van der Waals surface area (Å²) in [5, 5.41) is 18.0. The number of aliphatic carboxylic acids is 1. The highest BCUT2D eigenvalue weighted by Gasteiger charge is 2.36. The molecule has 1 aliphatic rings. The number of aryl methyl sites for hydroxylation is 3. The second-order valence-corrected chi connectivity index (χ2v) is 13.0. The molecule has 2 heterocycles. The summed E-state index contributed by atoms with van der Waals surface area (Å²) >= 11 is 0. The maximum absolute atomic E-state index is 14.1. The van der Waals surface area contributed by atoms with Gasteiger partial charge < -0.3 is 30.7 Å². The number of ether oxygens (including phenoxy) is 1. The number of benzene rings is 2. The Bertz CT molecular complexity index is 1670. The minimum atomic E-state index is -4.21. The van der Waals surface area contributed by atoms with Crippen LogP contribution in [-0.4, -0.2) is 85.7 Å². The molecule has 0 radical (unpaired) electrons. The normalized spacial score (nSPS) is 16.8. The molecular weight excluding hydrogens is 631 g/mol. The molecule has 0 aliphatic carbocycles.